The molecule has 1 rings (SSSR count). The van der Waals surface area contributed by atoms with Gasteiger partial charge in [0, 0.05) is 5.69 Å². The monoisotopic (exact) mass is 244 g/mol. The zero-order valence-corrected chi connectivity index (χ0v) is 9.45. The van der Waals surface area contributed by atoms with Gasteiger partial charge in [0.25, 0.3) is 0 Å². The summed E-state index contributed by atoms with van der Waals surface area (Å²) in [6.45, 7) is 1.90. The molecule has 7 heteroatoms. The number of sulfonamides is 1. The number of nitrogens with two attached hydrogens (primary N) is 1. The second-order valence-electron chi connectivity index (χ2n) is 2.92. The fourth-order valence-electron chi connectivity index (χ4n) is 1.04. The van der Waals surface area contributed by atoms with E-state index in [9.17, 15) is 13.2 Å². The molecule has 6 nitrogen and oxygen atoms in total. The van der Waals surface area contributed by atoms with Crippen molar-refractivity contribution < 1.29 is 17.9 Å². The van der Waals surface area contributed by atoms with Crippen molar-refractivity contribution in [1.82, 2.24) is 0 Å². The lowest BCUT2D eigenvalue weighted by molar-refractivity contribution is 0.168. The Balaban J connectivity index is 2.88. The lowest BCUT2D eigenvalue weighted by Gasteiger charge is -2.06. The van der Waals surface area contributed by atoms with Gasteiger partial charge in [-0.3, -0.25) is 5.32 Å². The molecule has 0 aliphatic rings. The Hall–Kier alpha value is -1.60. The Morgan fingerprint density at radius 2 is 2.19 bits per heavy atom. The highest BCUT2D eigenvalue weighted by atomic mass is 32.2. The van der Waals surface area contributed by atoms with Crippen LogP contribution in [0.3, 0.4) is 0 Å². The van der Waals surface area contributed by atoms with Crippen molar-refractivity contribution in [2.24, 2.45) is 5.14 Å². The lowest BCUT2D eigenvalue weighted by Crippen LogP contribution is -2.15. The van der Waals surface area contributed by atoms with Gasteiger partial charge in [-0.15, -0.1) is 0 Å². The molecular formula is C9H12N2O4S. The molecule has 0 spiro atoms. The molecule has 88 valence electrons. The first kappa shape index (κ1) is 12.5. The third-order valence-electron chi connectivity index (χ3n) is 1.68. The van der Waals surface area contributed by atoms with Gasteiger partial charge in [-0.25, -0.2) is 18.4 Å². The van der Waals surface area contributed by atoms with Crippen molar-refractivity contribution in [3.05, 3.63) is 24.3 Å². The topological polar surface area (TPSA) is 98.5 Å². The van der Waals surface area contributed by atoms with Gasteiger partial charge >= 0.3 is 6.09 Å². The number of carbonyl (C=O) groups is 1. The number of ether oxygens (including phenoxy) is 1. The molecule has 0 bridgehead atoms. The molecule has 0 unspecified atom stereocenters. The minimum atomic E-state index is -3.77. The van der Waals surface area contributed by atoms with Gasteiger partial charge in [0.2, 0.25) is 10.0 Å². The summed E-state index contributed by atoms with van der Waals surface area (Å²) in [5.74, 6) is 0. The van der Waals surface area contributed by atoms with Crippen LogP contribution in [0, 0.1) is 0 Å². The Kier molecular flexibility index (Phi) is 3.86. The van der Waals surface area contributed by atoms with E-state index in [1.165, 1.54) is 24.3 Å². The summed E-state index contributed by atoms with van der Waals surface area (Å²) in [5, 5.41) is 7.32. The molecule has 0 saturated heterocycles. The number of anilines is 1. The van der Waals surface area contributed by atoms with Crippen LogP contribution >= 0.6 is 0 Å². The van der Waals surface area contributed by atoms with Crippen molar-refractivity contribution in [2.75, 3.05) is 11.9 Å². The van der Waals surface area contributed by atoms with Crippen molar-refractivity contribution in [2.45, 2.75) is 11.8 Å². The van der Waals surface area contributed by atoms with Crippen LogP contribution in [0.1, 0.15) is 6.92 Å². The number of nitrogens with one attached hydrogen (secondary N) is 1. The Morgan fingerprint density at radius 1 is 1.50 bits per heavy atom. The molecule has 0 aliphatic carbocycles. The second kappa shape index (κ2) is 4.95. The summed E-state index contributed by atoms with van der Waals surface area (Å²) >= 11 is 0. The fourth-order valence-corrected chi connectivity index (χ4v) is 1.60. The average Bonchev–Trinajstić information content (AvgIpc) is 2.17. The van der Waals surface area contributed by atoms with Crippen LogP contribution in [-0.2, 0) is 14.8 Å². The number of rotatable bonds is 3. The third kappa shape index (κ3) is 3.52. The molecule has 0 saturated carbocycles. The van der Waals surface area contributed by atoms with Gasteiger partial charge in [-0.05, 0) is 25.1 Å². The Labute approximate surface area is 93.5 Å². The van der Waals surface area contributed by atoms with Gasteiger partial charge in [-0.1, -0.05) is 6.07 Å². The summed E-state index contributed by atoms with van der Waals surface area (Å²) in [7, 11) is -3.77. The van der Waals surface area contributed by atoms with Crippen LogP contribution in [-0.4, -0.2) is 21.1 Å². The van der Waals surface area contributed by atoms with Gasteiger partial charge in [0.1, 0.15) is 0 Å². The fraction of sp³-hybridized carbons (Fsp3) is 0.222. The molecule has 0 aliphatic heterocycles. The summed E-state index contributed by atoms with van der Waals surface area (Å²) in [6.07, 6.45) is -0.644. The average molecular weight is 244 g/mol. The Bertz CT molecular complexity index is 484. The number of benzene rings is 1. The second-order valence-corrected chi connectivity index (χ2v) is 4.48. The highest BCUT2D eigenvalue weighted by Gasteiger charge is 2.09. The van der Waals surface area contributed by atoms with E-state index >= 15 is 0 Å². The Morgan fingerprint density at radius 3 is 2.75 bits per heavy atom. The molecule has 16 heavy (non-hydrogen) atoms. The van der Waals surface area contributed by atoms with Crippen LogP contribution < -0.4 is 10.5 Å². The minimum Gasteiger partial charge on any atom is -0.450 e. The maximum absolute atomic E-state index is 11.1. The highest BCUT2D eigenvalue weighted by Crippen LogP contribution is 2.14. The van der Waals surface area contributed by atoms with Gasteiger partial charge in [-0.2, -0.15) is 0 Å². The van der Waals surface area contributed by atoms with E-state index in [-0.39, 0.29) is 11.5 Å². The maximum atomic E-state index is 11.1. The van der Waals surface area contributed by atoms with Gasteiger partial charge in [0.05, 0.1) is 11.5 Å². The number of amides is 1. The molecule has 0 fully saturated rings. The zero-order chi connectivity index (χ0) is 12.2. The standard InChI is InChI=1S/C9H12N2O4S/c1-2-15-9(12)11-7-4-3-5-8(6-7)16(10,13)14/h3-6H,2H2,1H3,(H,11,12)(H2,10,13,14). The predicted octanol–water partition coefficient (Wildman–Crippen LogP) is 0.902. The summed E-state index contributed by atoms with van der Waals surface area (Å²) < 4.78 is 26.7. The van der Waals surface area contributed by atoms with E-state index in [0.29, 0.717) is 5.69 Å². The maximum Gasteiger partial charge on any atom is 0.411 e. The van der Waals surface area contributed by atoms with Crippen molar-refractivity contribution in [3.8, 4) is 0 Å². The van der Waals surface area contributed by atoms with Gasteiger partial charge in [0.15, 0.2) is 0 Å². The molecule has 0 heterocycles. The minimum absolute atomic E-state index is 0.0678. The first-order chi connectivity index (χ1) is 7.43. The lowest BCUT2D eigenvalue weighted by atomic mass is 10.3. The van der Waals surface area contributed by atoms with E-state index in [1.54, 1.807) is 6.92 Å². The van der Waals surface area contributed by atoms with Gasteiger partial charge < -0.3 is 4.74 Å². The normalized spacial score (nSPS) is 10.9. The first-order valence-corrected chi connectivity index (χ1v) is 6.04. The summed E-state index contributed by atoms with van der Waals surface area (Å²) in [6, 6.07) is 5.60. The van der Waals surface area contributed by atoms with Crippen LogP contribution in [0.5, 0.6) is 0 Å². The number of primary sulfonamides is 1. The number of hydrogen-bond donors (Lipinski definition) is 2. The quantitative estimate of drug-likeness (QED) is 0.825. The van der Waals surface area contributed by atoms with E-state index < -0.39 is 16.1 Å². The molecule has 1 aromatic carbocycles. The van der Waals surface area contributed by atoms with E-state index in [2.05, 4.69) is 10.1 Å². The molecule has 3 N–H and O–H groups in total. The predicted molar refractivity (Wildman–Crippen MR) is 58.5 cm³/mol. The third-order valence-corrected chi connectivity index (χ3v) is 2.60. The van der Waals surface area contributed by atoms with E-state index in [4.69, 9.17) is 5.14 Å². The molecule has 1 aromatic rings. The highest BCUT2D eigenvalue weighted by molar-refractivity contribution is 7.89. The van der Waals surface area contributed by atoms with Crippen molar-refractivity contribution in [1.29, 1.82) is 0 Å². The number of carbonyl (C=O) groups excluding carboxylic acids is 1. The summed E-state index contributed by atoms with van der Waals surface area (Å²) in [4.78, 5) is 11.0. The van der Waals surface area contributed by atoms with Crippen LogP contribution in [0.4, 0.5) is 10.5 Å². The van der Waals surface area contributed by atoms with Crippen molar-refractivity contribution in [3.63, 3.8) is 0 Å². The molecule has 0 atom stereocenters. The SMILES string of the molecule is CCOC(=O)Nc1cccc(S(N)(=O)=O)c1. The van der Waals surface area contributed by atoms with E-state index in [1.807, 2.05) is 0 Å². The van der Waals surface area contributed by atoms with Crippen molar-refractivity contribution >= 4 is 21.8 Å². The first-order valence-electron chi connectivity index (χ1n) is 4.50. The molecule has 1 amide bonds. The molecule has 0 aromatic heterocycles. The smallest absolute Gasteiger partial charge is 0.411 e. The van der Waals surface area contributed by atoms with Crippen LogP contribution in [0.2, 0.25) is 0 Å². The molecule has 0 radical (unpaired) electrons. The zero-order valence-electron chi connectivity index (χ0n) is 8.64. The van der Waals surface area contributed by atoms with E-state index in [0.717, 1.165) is 0 Å². The molecular weight excluding hydrogens is 232 g/mol. The van der Waals surface area contributed by atoms with Crippen LogP contribution in [0.25, 0.3) is 0 Å². The largest absolute Gasteiger partial charge is 0.450 e. The number of hydrogen-bond acceptors (Lipinski definition) is 4. The summed E-state index contributed by atoms with van der Waals surface area (Å²) in [5.41, 5.74) is 0.310. The van der Waals surface area contributed by atoms with Crippen LogP contribution in [0.15, 0.2) is 29.2 Å².